The molecular weight excluding hydrogens is 376 g/mol. The Kier molecular flexibility index (Phi) is 7.99. The molecule has 0 spiro atoms. The number of hydrogen-bond acceptors (Lipinski definition) is 3. The summed E-state index contributed by atoms with van der Waals surface area (Å²) in [5.41, 5.74) is 4.58. The van der Waals surface area contributed by atoms with Gasteiger partial charge in [0.25, 0.3) is 5.91 Å². The van der Waals surface area contributed by atoms with E-state index in [1.807, 2.05) is 51.1 Å². The van der Waals surface area contributed by atoms with E-state index in [0.29, 0.717) is 18.8 Å². The molecule has 0 fully saturated rings. The predicted molar refractivity (Wildman–Crippen MR) is 120 cm³/mol. The monoisotopic (exact) mass is 406 g/mol. The van der Waals surface area contributed by atoms with Gasteiger partial charge in [-0.05, 0) is 62.6 Å². The van der Waals surface area contributed by atoms with Gasteiger partial charge >= 0.3 is 0 Å². The van der Waals surface area contributed by atoms with Gasteiger partial charge in [0.05, 0.1) is 0 Å². The van der Waals surface area contributed by atoms with E-state index in [4.69, 9.17) is 0 Å². The van der Waals surface area contributed by atoms with Crippen LogP contribution in [0.15, 0.2) is 35.9 Å². The van der Waals surface area contributed by atoms with Crippen molar-refractivity contribution in [2.75, 3.05) is 11.9 Å². The first-order valence-corrected chi connectivity index (χ1v) is 10.2. The van der Waals surface area contributed by atoms with Gasteiger partial charge in [-0.15, -0.1) is 0 Å². The minimum Gasteiger partial charge on any atom is -0.349 e. The quantitative estimate of drug-likeness (QED) is 0.520. The molecule has 0 saturated carbocycles. The molecule has 2 aromatic rings. The van der Waals surface area contributed by atoms with Crippen molar-refractivity contribution >= 4 is 23.6 Å². The van der Waals surface area contributed by atoms with Gasteiger partial charge < -0.3 is 14.8 Å². The molecule has 30 heavy (non-hydrogen) atoms. The van der Waals surface area contributed by atoms with E-state index in [1.54, 1.807) is 17.0 Å². The Morgan fingerprint density at radius 3 is 2.57 bits per heavy atom. The van der Waals surface area contributed by atoms with Crippen LogP contribution in [0.1, 0.15) is 49.7 Å². The van der Waals surface area contributed by atoms with Gasteiger partial charge in [0.2, 0.25) is 5.91 Å². The first-order valence-electron chi connectivity index (χ1n) is 10.2. The minimum absolute atomic E-state index is 0.00214. The molecule has 0 aliphatic heterocycles. The standard InChI is InChI=1S/C24H30N4O2/c1-6-11-28-17(3)12-21(18(28)4)14-22(15-25)24(30)26-23-10-8-9-20(13-23)16-27(7-2)19(5)29/h8-10,12-14H,6-7,11,16H2,1-5H3,(H,26,30)/b22-14+. The van der Waals surface area contributed by atoms with Crippen LogP contribution in [0, 0.1) is 25.2 Å². The fourth-order valence-electron chi connectivity index (χ4n) is 3.46. The molecule has 6 nitrogen and oxygen atoms in total. The third kappa shape index (κ3) is 5.60. The molecule has 0 radical (unpaired) electrons. The maximum absolute atomic E-state index is 12.7. The highest BCUT2D eigenvalue weighted by atomic mass is 16.2. The maximum Gasteiger partial charge on any atom is 0.266 e. The minimum atomic E-state index is -0.450. The number of carbonyl (C=O) groups is 2. The van der Waals surface area contributed by atoms with Crippen LogP contribution in [-0.4, -0.2) is 27.8 Å². The van der Waals surface area contributed by atoms with Gasteiger partial charge in [0.1, 0.15) is 11.6 Å². The number of aromatic nitrogens is 1. The molecule has 6 heteroatoms. The summed E-state index contributed by atoms with van der Waals surface area (Å²) in [6, 6.07) is 11.3. The van der Waals surface area contributed by atoms with E-state index < -0.39 is 5.91 Å². The van der Waals surface area contributed by atoms with Crippen LogP contribution in [0.5, 0.6) is 0 Å². The lowest BCUT2D eigenvalue weighted by atomic mass is 10.1. The van der Waals surface area contributed by atoms with Crippen LogP contribution in [0.3, 0.4) is 0 Å². The zero-order valence-corrected chi connectivity index (χ0v) is 18.5. The second kappa shape index (κ2) is 10.4. The largest absolute Gasteiger partial charge is 0.349 e. The Hall–Kier alpha value is -3.33. The van der Waals surface area contributed by atoms with Gasteiger partial charge in [0, 0.05) is 43.6 Å². The van der Waals surface area contributed by atoms with E-state index in [9.17, 15) is 14.9 Å². The molecule has 1 aromatic heterocycles. The molecule has 2 rings (SSSR count). The van der Waals surface area contributed by atoms with E-state index in [0.717, 1.165) is 35.5 Å². The molecule has 1 heterocycles. The lowest BCUT2D eigenvalue weighted by Crippen LogP contribution is -2.27. The normalized spacial score (nSPS) is 11.1. The summed E-state index contributed by atoms with van der Waals surface area (Å²) in [6.45, 7) is 11.6. The third-order valence-electron chi connectivity index (χ3n) is 5.11. The van der Waals surface area contributed by atoms with Crippen molar-refractivity contribution in [1.82, 2.24) is 9.47 Å². The number of rotatable bonds is 8. The van der Waals surface area contributed by atoms with E-state index in [2.05, 4.69) is 16.8 Å². The van der Waals surface area contributed by atoms with Crippen molar-refractivity contribution in [2.24, 2.45) is 0 Å². The molecular formula is C24H30N4O2. The Labute approximate surface area is 178 Å². The third-order valence-corrected chi connectivity index (χ3v) is 5.11. The molecule has 1 aromatic carbocycles. The fraction of sp³-hybridized carbons (Fsp3) is 0.375. The van der Waals surface area contributed by atoms with Crippen molar-refractivity contribution < 1.29 is 9.59 Å². The number of hydrogen-bond donors (Lipinski definition) is 1. The second-order valence-corrected chi connectivity index (χ2v) is 7.34. The van der Waals surface area contributed by atoms with E-state index in [1.165, 1.54) is 6.92 Å². The van der Waals surface area contributed by atoms with Crippen LogP contribution < -0.4 is 5.32 Å². The Balaban J connectivity index is 2.21. The first-order chi connectivity index (χ1) is 14.3. The molecule has 158 valence electrons. The summed E-state index contributed by atoms with van der Waals surface area (Å²) < 4.78 is 2.19. The molecule has 0 unspecified atom stereocenters. The maximum atomic E-state index is 12.7. The van der Waals surface area contributed by atoms with Gasteiger partial charge in [-0.25, -0.2) is 0 Å². The summed E-state index contributed by atoms with van der Waals surface area (Å²) in [6.07, 6.45) is 2.66. The van der Waals surface area contributed by atoms with Gasteiger partial charge in [-0.3, -0.25) is 9.59 Å². The number of aryl methyl sites for hydroxylation is 1. The summed E-state index contributed by atoms with van der Waals surface area (Å²) in [5, 5.41) is 12.3. The lowest BCUT2D eigenvalue weighted by Gasteiger charge is -2.19. The highest BCUT2D eigenvalue weighted by molar-refractivity contribution is 6.09. The lowest BCUT2D eigenvalue weighted by molar-refractivity contribution is -0.129. The molecule has 0 atom stereocenters. The molecule has 0 bridgehead atoms. The number of carbonyl (C=O) groups excluding carboxylic acids is 2. The molecule has 0 saturated heterocycles. The van der Waals surface area contributed by atoms with Crippen LogP contribution in [-0.2, 0) is 22.7 Å². The predicted octanol–water partition coefficient (Wildman–Crippen LogP) is 4.43. The fourth-order valence-corrected chi connectivity index (χ4v) is 3.46. The number of amides is 2. The number of nitriles is 1. The average Bonchev–Trinajstić information content (AvgIpc) is 2.97. The van der Waals surface area contributed by atoms with Crippen LogP contribution in [0.25, 0.3) is 6.08 Å². The van der Waals surface area contributed by atoms with E-state index in [-0.39, 0.29) is 11.5 Å². The zero-order chi connectivity index (χ0) is 22.3. The molecule has 2 amide bonds. The number of nitrogens with zero attached hydrogens (tertiary/aromatic N) is 3. The van der Waals surface area contributed by atoms with Crippen LogP contribution in [0.4, 0.5) is 5.69 Å². The Morgan fingerprint density at radius 2 is 1.97 bits per heavy atom. The first kappa shape index (κ1) is 23.0. The Morgan fingerprint density at radius 1 is 1.23 bits per heavy atom. The molecule has 0 aliphatic carbocycles. The topological polar surface area (TPSA) is 78.1 Å². The summed E-state index contributed by atoms with van der Waals surface area (Å²) >= 11 is 0. The second-order valence-electron chi connectivity index (χ2n) is 7.34. The SMILES string of the molecule is CCCn1c(C)cc(/C=C(\C#N)C(=O)Nc2cccc(CN(CC)C(C)=O)c2)c1C. The molecule has 1 N–H and O–H groups in total. The smallest absolute Gasteiger partial charge is 0.266 e. The van der Waals surface area contributed by atoms with Crippen LogP contribution >= 0.6 is 0 Å². The summed E-state index contributed by atoms with van der Waals surface area (Å²) in [7, 11) is 0. The Bertz CT molecular complexity index is 995. The van der Waals surface area contributed by atoms with Crippen molar-refractivity contribution in [3.05, 3.63) is 58.4 Å². The van der Waals surface area contributed by atoms with Crippen LogP contribution in [0.2, 0.25) is 0 Å². The van der Waals surface area contributed by atoms with Crippen molar-refractivity contribution in [3.8, 4) is 6.07 Å². The number of nitrogens with one attached hydrogen (secondary N) is 1. The van der Waals surface area contributed by atoms with Crippen molar-refractivity contribution in [3.63, 3.8) is 0 Å². The molecule has 0 aliphatic rings. The van der Waals surface area contributed by atoms with Crippen molar-refractivity contribution in [2.45, 2.75) is 54.1 Å². The summed E-state index contributed by atoms with van der Waals surface area (Å²) in [4.78, 5) is 26.1. The average molecular weight is 407 g/mol. The van der Waals surface area contributed by atoms with Gasteiger partial charge in [-0.2, -0.15) is 5.26 Å². The van der Waals surface area contributed by atoms with E-state index >= 15 is 0 Å². The van der Waals surface area contributed by atoms with Crippen molar-refractivity contribution in [1.29, 1.82) is 5.26 Å². The number of benzene rings is 1. The zero-order valence-electron chi connectivity index (χ0n) is 18.5. The van der Waals surface area contributed by atoms with Gasteiger partial charge in [0.15, 0.2) is 0 Å². The van der Waals surface area contributed by atoms with Gasteiger partial charge in [-0.1, -0.05) is 19.1 Å². The summed E-state index contributed by atoms with van der Waals surface area (Å²) in [5.74, 6) is -0.448. The highest BCUT2D eigenvalue weighted by Gasteiger charge is 2.14. The highest BCUT2D eigenvalue weighted by Crippen LogP contribution is 2.20. The number of anilines is 1.